The third-order valence-electron chi connectivity index (χ3n) is 6.49. The van der Waals surface area contributed by atoms with E-state index in [1.807, 2.05) is 16.9 Å². The molecule has 3 heterocycles. The molecule has 0 aliphatic carbocycles. The van der Waals surface area contributed by atoms with Crippen LogP contribution in [0.1, 0.15) is 6.92 Å². The number of hydrogen-bond donors (Lipinski definition) is 3. The number of hydrogen-bond acceptors (Lipinski definition) is 8. The Hall–Kier alpha value is -4.17. The van der Waals surface area contributed by atoms with Crippen molar-refractivity contribution < 1.29 is 27.7 Å². The molecule has 5 rings (SSSR count). The van der Waals surface area contributed by atoms with Gasteiger partial charge in [0.15, 0.2) is 16.6 Å². The van der Waals surface area contributed by atoms with E-state index in [0.29, 0.717) is 48.5 Å². The summed E-state index contributed by atoms with van der Waals surface area (Å²) in [5.41, 5.74) is 2.31. The number of amides is 1. The van der Waals surface area contributed by atoms with E-state index >= 15 is 0 Å². The highest BCUT2D eigenvalue weighted by Crippen LogP contribution is 2.37. The standard InChI is InChI=1S/C25H27N7O5S2/c1-15(33)30-39(34,35)17-6-4-16(5-7-17)28-25(38)32-10-8-31(9-11-32)24-22-18-12-20(36-2)21(37-3)13-19(18)29-23(22)26-14-27-24/h4-7,12-14H,8-11H2,1-3H3,(H,28,38)(H,30,33)(H,26,27,29)/p+1. The summed E-state index contributed by atoms with van der Waals surface area (Å²) in [5, 5.41) is 5.66. The number of benzene rings is 2. The molecule has 14 heteroatoms. The van der Waals surface area contributed by atoms with E-state index in [1.54, 1.807) is 32.7 Å². The Morgan fingerprint density at radius 3 is 2.38 bits per heavy atom. The predicted molar refractivity (Wildman–Crippen MR) is 151 cm³/mol. The van der Waals surface area contributed by atoms with Crippen molar-refractivity contribution in [1.29, 1.82) is 0 Å². The smallest absolute Gasteiger partial charge is 0.264 e. The summed E-state index contributed by atoms with van der Waals surface area (Å²) >= 11 is 5.62. The molecule has 1 amide bonds. The number of piperazine rings is 1. The lowest BCUT2D eigenvalue weighted by Gasteiger charge is -2.34. The van der Waals surface area contributed by atoms with Crippen molar-refractivity contribution in [1.82, 2.24) is 19.6 Å². The fourth-order valence-corrected chi connectivity index (χ4v) is 5.92. The Kier molecular flexibility index (Phi) is 7.14. The second kappa shape index (κ2) is 10.5. The summed E-state index contributed by atoms with van der Waals surface area (Å²) < 4.78 is 37.2. The Bertz CT molecular complexity index is 1660. The van der Waals surface area contributed by atoms with Crippen LogP contribution in [0.15, 0.2) is 47.6 Å². The van der Waals surface area contributed by atoms with Crippen LogP contribution in [-0.2, 0) is 14.8 Å². The van der Waals surface area contributed by atoms with Crippen LogP contribution in [0.2, 0.25) is 0 Å². The van der Waals surface area contributed by atoms with E-state index in [0.717, 1.165) is 34.7 Å². The van der Waals surface area contributed by atoms with Gasteiger partial charge in [0.2, 0.25) is 23.7 Å². The molecule has 12 nitrogen and oxygen atoms in total. The number of nitrogens with one attached hydrogen (secondary N) is 4. The maximum atomic E-state index is 12.2. The number of nitrogens with zero attached hydrogens (tertiary/aromatic N) is 3. The molecule has 0 spiro atoms. The van der Waals surface area contributed by atoms with Crippen LogP contribution in [0, 0.1) is 0 Å². The molecular formula is C25H28N7O5S2+. The first kappa shape index (κ1) is 26.4. The maximum Gasteiger partial charge on any atom is 0.264 e. The van der Waals surface area contributed by atoms with Gasteiger partial charge in [-0.15, -0.1) is 0 Å². The second-order valence-electron chi connectivity index (χ2n) is 8.94. The fourth-order valence-electron chi connectivity index (χ4n) is 4.62. The number of carbonyl (C=O) groups is 1. The van der Waals surface area contributed by atoms with E-state index in [2.05, 4.69) is 30.1 Å². The van der Waals surface area contributed by atoms with Gasteiger partial charge in [-0.05, 0) is 42.5 Å². The average molecular weight is 571 g/mol. The number of ether oxygens (including phenoxy) is 2. The summed E-state index contributed by atoms with van der Waals surface area (Å²) in [4.78, 5) is 26.6. The van der Waals surface area contributed by atoms with Gasteiger partial charge in [0.25, 0.3) is 10.0 Å². The normalized spacial score (nSPS) is 13.9. The number of rotatable bonds is 6. The van der Waals surface area contributed by atoms with Crippen molar-refractivity contribution >= 4 is 66.7 Å². The highest BCUT2D eigenvalue weighted by Gasteiger charge is 2.27. The molecule has 204 valence electrons. The van der Waals surface area contributed by atoms with Crippen molar-refractivity contribution in [2.24, 2.45) is 0 Å². The van der Waals surface area contributed by atoms with Crippen molar-refractivity contribution in [2.45, 2.75) is 11.8 Å². The maximum absolute atomic E-state index is 12.2. The van der Waals surface area contributed by atoms with E-state index in [4.69, 9.17) is 21.7 Å². The monoisotopic (exact) mass is 570 g/mol. The molecule has 39 heavy (non-hydrogen) atoms. The number of aromatic nitrogens is 3. The first-order chi connectivity index (χ1) is 18.7. The van der Waals surface area contributed by atoms with Gasteiger partial charge in [-0.3, -0.25) is 9.69 Å². The fraction of sp³-hybridized carbons (Fsp3) is 0.280. The molecule has 1 aliphatic heterocycles. The molecule has 0 unspecified atom stereocenters. The van der Waals surface area contributed by atoms with Gasteiger partial charge in [-0.1, -0.05) is 4.98 Å². The number of methoxy groups -OCH3 is 2. The largest absolute Gasteiger partial charge is 0.493 e. The highest BCUT2D eigenvalue weighted by molar-refractivity contribution is 7.90. The van der Waals surface area contributed by atoms with E-state index in [-0.39, 0.29) is 4.90 Å². The van der Waals surface area contributed by atoms with Crippen LogP contribution in [0.4, 0.5) is 11.5 Å². The number of carbonyl (C=O) groups excluding carboxylic acids is 1. The minimum Gasteiger partial charge on any atom is -0.493 e. The molecule has 0 atom stereocenters. The third-order valence-corrected chi connectivity index (χ3v) is 8.30. The van der Waals surface area contributed by atoms with Crippen LogP contribution in [0.3, 0.4) is 0 Å². The molecule has 0 saturated carbocycles. The first-order valence-electron chi connectivity index (χ1n) is 12.1. The Labute approximate surface area is 230 Å². The zero-order valence-corrected chi connectivity index (χ0v) is 23.2. The first-order valence-corrected chi connectivity index (χ1v) is 14.0. The molecule has 4 aromatic rings. The molecule has 2 aromatic heterocycles. The van der Waals surface area contributed by atoms with Crippen LogP contribution in [0.5, 0.6) is 11.5 Å². The van der Waals surface area contributed by atoms with Gasteiger partial charge in [0.1, 0.15) is 5.39 Å². The van der Waals surface area contributed by atoms with Crippen LogP contribution >= 0.6 is 12.2 Å². The predicted octanol–water partition coefficient (Wildman–Crippen LogP) is 1.89. The van der Waals surface area contributed by atoms with E-state index in [9.17, 15) is 13.2 Å². The summed E-state index contributed by atoms with van der Waals surface area (Å²) in [5.74, 6) is 1.59. The number of thiocarbonyl (C=S) groups is 1. The SMILES string of the molecule is COc1cc2[nH]c3nc[nH+]c(N4CCN(C(=S)Nc5ccc(S(=O)(=O)NC(C)=O)cc5)CC4)c3c2cc1OC. The van der Waals surface area contributed by atoms with E-state index < -0.39 is 15.9 Å². The van der Waals surface area contributed by atoms with Crippen molar-refractivity contribution in [3.63, 3.8) is 0 Å². The molecule has 0 bridgehead atoms. The minimum absolute atomic E-state index is 0.00366. The zero-order valence-electron chi connectivity index (χ0n) is 21.6. The number of sulfonamides is 1. The van der Waals surface area contributed by atoms with Crippen LogP contribution < -0.4 is 29.4 Å². The third kappa shape index (κ3) is 5.25. The van der Waals surface area contributed by atoms with Gasteiger partial charge >= 0.3 is 0 Å². The number of H-pyrrole nitrogens is 2. The molecule has 1 saturated heterocycles. The summed E-state index contributed by atoms with van der Waals surface area (Å²) in [6.45, 7) is 3.93. The zero-order chi connectivity index (χ0) is 27.7. The second-order valence-corrected chi connectivity index (χ2v) is 11.0. The minimum atomic E-state index is -3.89. The Balaban J connectivity index is 1.29. The summed E-state index contributed by atoms with van der Waals surface area (Å²) in [6, 6.07) is 9.92. The lowest BCUT2D eigenvalue weighted by molar-refractivity contribution is -0.367. The average Bonchev–Trinajstić information content (AvgIpc) is 3.29. The topological polar surface area (TPSA) is 143 Å². The van der Waals surface area contributed by atoms with Gasteiger partial charge in [-0.2, -0.15) is 0 Å². The highest BCUT2D eigenvalue weighted by atomic mass is 32.2. The molecule has 2 aromatic carbocycles. The number of anilines is 2. The van der Waals surface area contributed by atoms with Crippen molar-refractivity contribution in [2.75, 3.05) is 50.6 Å². The summed E-state index contributed by atoms with van der Waals surface area (Å²) in [7, 11) is -0.669. The molecule has 0 radical (unpaired) electrons. The van der Waals surface area contributed by atoms with Crippen LogP contribution in [-0.4, -0.2) is 74.7 Å². The van der Waals surface area contributed by atoms with Crippen molar-refractivity contribution in [3.05, 3.63) is 42.7 Å². The van der Waals surface area contributed by atoms with Gasteiger partial charge in [0.05, 0.1) is 50.8 Å². The van der Waals surface area contributed by atoms with Gasteiger partial charge in [-0.25, -0.2) is 18.1 Å². The summed E-state index contributed by atoms with van der Waals surface area (Å²) in [6.07, 6.45) is 1.68. The molecule has 4 N–H and O–H groups in total. The number of fused-ring (bicyclic) bond motifs is 3. The lowest BCUT2D eigenvalue weighted by Crippen LogP contribution is -2.51. The van der Waals surface area contributed by atoms with Gasteiger partial charge < -0.3 is 24.7 Å². The van der Waals surface area contributed by atoms with Crippen molar-refractivity contribution in [3.8, 4) is 11.5 Å². The molecular weight excluding hydrogens is 542 g/mol. The lowest BCUT2D eigenvalue weighted by atomic mass is 10.1. The van der Waals surface area contributed by atoms with E-state index in [1.165, 1.54) is 12.1 Å². The number of aromatic amines is 2. The quantitative estimate of drug-likeness (QED) is 0.294. The van der Waals surface area contributed by atoms with Crippen LogP contribution in [0.25, 0.3) is 21.9 Å². The Morgan fingerprint density at radius 1 is 1.08 bits per heavy atom. The molecule has 1 fully saturated rings. The molecule has 1 aliphatic rings. The Morgan fingerprint density at radius 2 is 1.74 bits per heavy atom. The van der Waals surface area contributed by atoms with Gasteiger partial charge in [0, 0.05) is 24.1 Å².